The van der Waals surface area contributed by atoms with Crippen LogP contribution in [0, 0.1) is 0 Å². The zero-order chi connectivity index (χ0) is 25.2. The molecule has 1 saturated heterocycles. The van der Waals surface area contributed by atoms with Crippen LogP contribution in [0.5, 0.6) is 0 Å². The van der Waals surface area contributed by atoms with Crippen LogP contribution in [-0.2, 0) is 20.0 Å². The van der Waals surface area contributed by atoms with E-state index < -0.39 is 20.0 Å². The molecule has 2 heterocycles. The first kappa shape index (κ1) is 24.0. The van der Waals surface area contributed by atoms with Gasteiger partial charge in [-0.25, -0.2) is 16.8 Å². The highest BCUT2D eigenvalue weighted by Crippen LogP contribution is 2.33. The van der Waals surface area contributed by atoms with E-state index in [1.807, 2.05) is 0 Å². The van der Waals surface area contributed by atoms with Gasteiger partial charge in [-0.3, -0.25) is 14.4 Å². The molecule has 36 heavy (non-hydrogen) atoms. The van der Waals surface area contributed by atoms with Crippen molar-refractivity contribution in [2.24, 2.45) is 0 Å². The highest BCUT2D eigenvalue weighted by atomic mass is 32.2. The molecule has 0 spiro atoms. The fourth-order valence-electron chi connectivity index (χ4n) is 4.12. The largest absolute Gasteiger partial charge is 0.369 e. The minimum absolute atomic E-state index is 0.00338. The van der Waals surface area contributed by atoms with Crippen LogP contribution >= 0.6 is 0 Å². The third-order valence-corrected chi connectivity index (χ3v) is 8.69. The number of piperazine rings is 1. The Balaban J connectivity index is 1.56. The van der Waals surface area contributed by atoms with E-state index >= 15 is 0 Å². The topological polar surface area (TPSA) is 120 Å². The van der Waals surface area contributed by atoms with Crippen LogP contribution in [0.25, 0.3) is 10.9 Å². The number of aromatic nitrogens is 1. The van der Waals surface area contributed by atoms with Crippen molar-refractivity contribution < 1.29 is 16.8 Å². The second-order valence-electron chi connectivity index (χ2n) is 8.32. The van der Waals surface area contributed by atoms with E-state index in [0.717, 1.165) is 31.9 Å². The first-order chi connectivity index (χ1) is 17.3. The van der Waals surface area contributed by atoms with Gasteiger partial charge in [-0.2, -0.15) is 0 Å². The van der Waals surface area contributed by atoms with Crippen LogP contribution in [0.2, 0.25) is 0 Å². The quantitative estimate of drug-likeness (QED) is 0.340. The lowest BCUT2D eigenvalue weighted by atomic mass is 10.2. The molecular weight excluding hydrogens is 498 g/mol. The van der Waals surface area contributed by atoms with Gasteiger partial charge in [0.05, 0.1) is 21.8 Å². The molecule has 1 aliphatic heterocycles. The lowest BCUT2D eigenvalue weighted by Crippen LogP contribution is -2.43. The molecule has 0 unspecified atom stereocenters. The number of hydrogen-bond acceptors (Lipinski definition) is 7. The van der Waals surface area contributed by atoms with E-state index in [-0.39, 0.29) is 21.2 Å². The first-order valence-corrected chi connectivity index (χ1v) is 14.3. The predicted octanol–water partition coefficient (Wildman–Crippen LogP) is 3.25. The van der Waals surface area contributed by atoms with Crippen molar-refractivity contribution in [2.75, 3.05) is 40.5 Å². The number of anilines is 3. The van der Waals surface area contributed by atoms with E-state index in [4.69, 9.17) is 0 Å². The molecule has 5 rings (SSSR count). The lowest BCUT2D eigenvalue weighted by molar-refractivity contribution is 0.589. The molecule has 1 aliphatic rings. The second kappa shape index (κ2) is 9.76. The number of hydrogen-bond donors (Lipinski definition) is 3. The van der Waals surface area contributed by atoms with Crippen molar-refractivity contribution in [3.8, 4) is 0 Å². The number of fused-ring (bicyclic) bond motifs is 1. The molecule has 9 nitrogen and oxygen atoms in total. The number of nitrogens with one attached hydrogen (secondary N) is 3. The Hall–Kier alpha value is -3.67. The number of nitrogens with zero attached hydrogens (tertiary/aromatic N) is 2. The van der Waals surface area contributed by atoms with Gasteiger partial charge in [-0.05, 0) is 42.5 Å². The SMILES string of the molecule is O=S(=O)(Nc1cc(N2CCNCC2)ccc1NS(=O)(=O)c1cccc2cccnc12)c1ccccc1. The minimum Gasteiger partial charge on any atom is -0.369 e. The summed E-state index contributed by atoms with van der Waals surface area (Å²) in [6, 6.07) is 21.4. The molecule has 1 aromatic heterocycles. The summed E-state index contributed by atoms with van der Waals surface area (Å²) < 4.78 is 58.3. The highest BCUT2D eigenvalue weighted by molar-refractivity contribution is 7.93. The third kappa shape index (κ3) is 4.99. The molecule has 0 bridgehead atoms. The summed E-state index contributed by atoms with van der Waals surface area (Å²) in [6.07, 6.45) is 1.53. The summed E-state index contributed by atoms with van der Waals surface area (Å²) in [5, 5.41) is 3.96. The van der Waals surface area contributed by atoms with E-state index in [2.05, 4.69) is 24.6 Å². The monoisotopic (exact) mass is 523 g/mol. The van der Waals surface area contributed by atoms with Gasteiger partial charge in [0, 0.05) is 43.4 Å². The average Bonchev–Trinajstić information content (AvgIpc) is 2.90. The molecule has 3 N–H and O–H groups in total. The van der Waals surface area contributed by atoms with Gasteiger partial charge in [-0.15, -0.1) is 0 Å². The predicted molar refractivity (Wildman–Crippen MR) is 141 cm³/mol. The van der Waals surface area contributed by atoms with E-state index in [1.165, 1.54) is 24.4 Å². The summed E-state index contributed by atoms with van der Waals surface area (Å²) in [5.41, 5.74) is 1.36. The molecular formula is C25H25N5O4S2. The number of sulfonamides is 2. The number of benzene rings is 3. The van der Waals surface area contributed by atoms with Crippen LogP contribution in [-0.4, -0.2) is 48.0 Å². The van der Waals surface area contributed by atoms with Crippen LogP contribution in [0.4, 0.5) is 17.1 Å². The fraction of sp³-hybridized carbons (Fsp3) is 0.160. The molecule has 4 aromatic rings. The highest BCUT2D eigenvalue weighted by Gasteiger charge is 2.23. The zero-order valence-electron chi connectivity index (χ0n) is 19.3. The van der Waals surface area contributed by atoms with Gasteiger partial charge in [-0.1, -0.05) is 36.4 Å². The van der Waals surface area contributed by atoms with Crippen LogP contribution in [0.15, 0.2) is 94.9 Å². The summed E-state index contributed by atoms with van der Waals surface area (Å²) >= 11 is 0. The molecule has 0 saturated carbocycles. The minimum atomic E-state index is -4.09. The fourth-order valence-corrected chi connectivity index (χ4v) is 6.47. The first-order valence-electron chi connectivity index (χ1n) is 11.4. The van der Waals surface area contributed by atoms with Crippen molar-refractivity contribution in [3.05, 3.63) is 85.1 Å². The lowest BCUT2D eigenvalue weighted by Gasteiger charge is -2.30. The maximum atomic E-state index is 13.4. The smallest absolute Gasteiger partial charge is 0.264 e. The number of rotatable bonds is 7. The molecule has 186 valence electrons. The summed E-state index contributed by atoms with van der Waals surface area (Å²) in [7, 11) is -8.06. The van der Waals surface area contributed by atoms with E-state index in [9.17, 15) is 16.8 Å². The Labute approximate surface area is 210 Å². The van der Waals surface area contributed by atoms with Gasteiger partial charge in [0.25, 0.3) is 20.0 Å². The zero-order valence-corrected chi connectivity index (χ0v) is 20.9. The second-order valence-corrected chi connectivity index (χ2v) is 11.7. The Kier molecular flexibility index (Phi) is 6.52. The summed E-state index contributed by atoms with van der Waals surface area (Å²) in [5.74, 6) is 0. The molecule has 0 atom stereocenters. The van der Waals surface area contributed by atoms with Gasteiger partial charge in [0.2, 0.25) is 0 Å². The number of para-hydroxylation sites is 1. The Morgan fingerprint density at radius 2 is 1.47 bits per heavy atom. The molecule has 0 radical (unpaired) electrons. The summed E-state index contributed by atoms with van der Waals surface area (Å²) in [6.45, 7) is 3.09. The summed E-state index contributed by atoms with van der Waals surface area (Å²) in [4.78, 5) is 6.43. The van der Waals surface area contributed by atoms with Crippen molar-refractivity contribution >= 4 is 48.0 Å². The molecule has 0 amide bonds. The maximum Gasteiger partial charge on any atom is 0.264 e. The van der Waals surface area contributed by atoms with Gasteiger partial charge >= 0.3 is 0 Å². The Bertz CT molecular complexity index is 1600. The van der Waals surface area contributed by atoms with Gasteiger partial charge in [0.1, 0.15) is 4.90 Å². The normalized spacial score (nSPS) is 14.5. The number of pyridine rings is 1. The molecule has 11 heteroatoms. The molecule has 3 aromatic carbocycles. The third-order valence-electron chi connectivity index (χ3n) is 5.91. The van der Waals surface area contributed by atoms with Crippen molar-refractivity contribution in [2.45, 2.75) is 9.79 Å². The van der Waals surface area contributed by atoms with Crippen LogP contribution in [0.1, 0.15) is 0 Å². The van der Waals surface area contributed by atoms with Crippen LogP contribution in [0.3, 0.4) is 0 Å². The maximum absolute atomic E-state index is 13.4. The molecule has 1 fully saturated rings. The Morgan fingerprint density at radius 1 is 0.750 bits per heavy atom. The van der Waals surface area contributed by atoms with Crippen molar-refractivity contribution in [3.63, 3.8) is 0 Å². The van der Waals surface area contributed by atoms with Gasteiger partial charge in [0.15, 0.2) is 0 Å². The van der Waals surface area contributed by atoms with E-state index in [0.29, 0.717) is 10.9 Å². The van der Waals surface area contributed by atoms with Gasteiger partial charge < -0.3 is 10.2 Å². The van der Waals surface area contributed by atoms with Crippen molar-refractivity contribution in [1.29, 1.82) is 0 Å². The van der Waals surface area contributed by atoms with E-state index in [1.54, 1.807) is 60.7 Å². The van der Waals surface area contributed by atoms with Crippen molar-refractivity contribution in [1.82, 2.24) is 10.3 Å². The molecule has 0 aliphatic carbocycles. The standard InChI is InChI=1S/C25H25N5O4S2/c31-35(32,21-8-2-1-3-9-21)29-23-18-20(30-16-14-26-15-17-30)11-12-22(23)28-36(33,34)24-10-4-6-19-7-5-13-27-25(19)24/h1-13,18,26,28-29H,14-17H2. The average molecular weight is 524 g/mol. The van der Waals surface area contributed by atoms with Crippen LogP contribution < -0.4 is 19.7 Å². The Morgan fingerprint density at radius 3 is 2.25 bits per heavy atom.